The standard InChI is InChI=1S/C16H22O3/c1-10-11(2)15-14(18-12(10)3)9-17-16(19-15)13-7-5-4-6-8-13/h4-8,10-12,14-16H,9H2,1-3H3/t10-,11-,12?,14?,15?,16?/m1/s1. The average Bonchev–Trinajstić information content (AvgIpc) is 2.46. The molecule has 2 aliphatic rings. The first kappa shape index (κ1) is 13.1. The van der Waals surface area contributed by atoms with Crippen LogP contribution in [0.25, 0.3) is 0 Å². The maximum Gasteiger partial charge on any atom is 0.184 e. The monoisotopic (exact) mass is 262 g/mol. The topological polar surface area (TPSA) is 27.7 Å². The van der Waals surface area contributed by atoms with E-state index in [1.807, 2.05) is 30.3 Å². The first-order valence-electron chi connectivity index (χ1n) is 7.14. The van der Waals surface area contributed by atoms with Gasteiger partial charge in [0.2, 0.25) is 0 Å². The molecule has 0 bridgehead atoms. The lowest BCUT2D eigenvalue weighted by Gasteiger charge is -2.47. The van der Waals surface area contributed by atoms with E-state index in [2.05, 4.69) is 20.8 Å². The van der Waals surface area contributed by atoms with Crippen LogP contribution in [-0.4, -0.2) is 24.9 Å². The maximum absolute atomic E-state index is 6.16. The summed E-state index contributed by atoms with van der Waals surface area (Å²) in [5.74, 6) is 1.000. The third-order valence-corrected chi connectivity index (χ3v) is 4.61. The van der Waals surface area contributed by atoms with E-state index in [0.29, 0.717) is 18.4 Å². The van der Waals surface area contributed by atoms with Crippen molar-refractivity contribution in [1.29, 1.82) is 0 Å². The summed E-state index contributed by atoms with van der Waals surface area (Å²) in [6.07, 6.45) is 0.220. The van der Waals surface area contributed by atoms with Gasteiger partial charge >= 0.3 is 0 Å². The summed E-state index contributed by atoms with van der Waals surface area (Å²) in [5.41, 5.74) is 1.08. The highest BCUT2D eigenvalue weighted by atomic mass is 16.7. The Morgan fingerprint density at radius 3 is 2.42 bits per heavy atom. The lowest BCUT2D eigenvalue weighted by atomic mass is 9.81. The minimum absolute atomic E-state index is 0.0705. The normalized spacial score (nSPS) is 42.7. The van der Waals surface area contributed by atoms with Gasteiger partial charge in [-0.2, -0.15) is 0 Å². The fraction of sp³-hybridized carbons (Fsp3) is 0.625. The van der Waals surface area contributed by atoms with Gasteiger partial charge in [-0.25, -0.2) is 0 Å². The van der Waals surface area contributed by atoms with Gasteiger partial charge in [0.15, 0.2) is 6.29 Å². The van der Waals surface area contributed by atoms with E-state index >= 15 is 0 Å². The molecule has 0 aromatic heterocycles. The van der Waals surface area contributed by atoms with Crippen LogP contribution in [0.1, 0.15) is 32.6 Å². The fourth-order valence-corrected chi connectivity index (χ4v) is 3.04. The second-order valence-corrected chi connectivity index (χ2v) is 5.77. The Labute approximate surface area is 114 Å². The smallest absolute Gasteiger partial charge is 0.184 e. The molecule has 0 amide bonds. The molecule has 4 unspecified atom stereocenters. The Bertz CT molecular complexity index is 417. The van der Waals surface area contributed by atoms with Crippen molar-refractivity contribution in [2.24, 2.45) is 11.8 Å². The van der Waals surface area contributed by atoms with Crippen molar-refractivity contribution in [3.8, 4) is 0 Å². The summed E-state index contributed by atoms with van der Waals surface area (Å²) in [6.45, 7) is 7.25. The zero-order valence-corrected chi connectivity index (χ0v) is 11.8. The van der Waals surface area contributed by atoms with E-state index in [1.165, 1.54) is 0 Å². The van der Waals surface area contributed by atoms with E-state index < -0.39 is 0 Å². The van der Waals surface area contributed by atoms with Crippen molar-refractivity contribution in [3.63, 3.8) is 0 Å². The predicted octanol–water partition coefficient (Wildman–Crippen LogP) is 3.16. The number of rotatable bonds is 1. The summed E-state index contributed by atoms with van der Waals surface area (Å²) < 4.78 is 18.0. The van der Waals surface area contributed by atoms with Crippen LogP contribution in [0.15, 0.2) is 30.3 Å². The molecule has 1 aromatic rings. The SMILES string of the molecule is CC1OC2COC(c3ccccc3)OC2[C@H](C)[C@H]1C. The molecule has 2 fully saturated rings. The molecule has 19 heavy (non-hydrogen) atoms. The van der Waals surface area contributed by atoms with E-state index in [0.717, 1.165) is 5.56 Å². The molecule has 2 saturated heterocycles. The third kappa shape index (κ3) is 2.42. The van der Waals surface area contributed by atoms with Gasteiger partial charge in [-0.15, -0.1) is 0 Å². The van der Waals surface area contributed by atoms with Crippen LogP contribution in [0.4, 0.5) is 0 Å². The molecule has 0 aliphatic carbocycles. The lowest BCUT2D eigenvalue weighted by Crippen LogP contribution is -2.54. The highest BCUT2D eigenvalue weighted by Crippen LogP contribution is 2.38. The minimum Gasteiger partial charge on any atom is -0.370 e. The number of benzene rings is 1. The van der Waals surface area contributed by atoms with Crippen LogP contribution < -0.4 is 0 Å². The third-order valence-electron chi connectivity index (χ3n) is 4.61. The molecule has 104 valence electrons. The Morgan fingerprint density at radius 2 is 1.68 bits per heavy atom. The minimum atomic E-state index is -0.255. The van der Waals surface area contributed by atoms with Crippen LogP contribution in [0.2, 0.25) is 0 Å². The summed E-state index contributed by atoms with van der Waals surface area (Å²) in [7, 11) is 0. The van der Waals surface area contributed by atoms with Crippen LogP contribution >= 0.6 is 0 Å². The van der Waals surface area contributed by atoms with Crippen LogP contribution in [0.5, 0.6) is 0 Å². The summed E-state index contributed by atoms with van der Waals surface area (Å²) in [5, 5.41) is 0. The predicted molar refractivity (Wildman–Crippen MR) is 72.7 cm³/mol. The van der Waals surface area contributed by atoms with E-state index in [4.69, 9.17) is 14.2 Å². The van der Waals surface area contributed by atoms with Crippen molar-refractivity contribution < 1.29 is 14.2 Å². The molecule has 2 heterocycles. The quantitative estimate of drug-likeness (QED) is 0.778. The van der Waals surface area contributed by atoms with Crippen molar-refractivity contribution in [3.05, 3.63) is 35.9 Å². The fourth-order valence-electron chi connectivity index (χ4n) is 3.04. The largest absolute Gasteiger partial charge is 0.370 e. The molecule has 6 atom stereocenters. The second kappa shape index (κ2) is 5.23. The van der Waals surface area contributed by atoms with Crippen molar-refractivity contribution in [2.45, 2.75) is 45.4 Å². The van der Waals surface area contributed by atoms with Gasteiger partial charge in [0.1, 0.15) is 6.10 Å². The van der Waals surface area contributed by atoms with Gasteiger partial charge in [0, 0.05) is 5.56 Å². The Morgan fingerprint density at radius 1 is 0.947 bits per heavy atom. The van der Waals surface area contributed by atoms with Gasteiger partial charge < -0.3 is 14.2 Å². The second-order valence-electron chi connectivity index (χ2n) is 5.77. The first-order valence-corrected chi connectivity index (χ1v) is 7.14. The van der Waals surface area contributed by atoms with Crippen molar-refractivity contribution in [1.82, 2.24) is 0 Å². The molecule has 1 aromatic carbocycles. The molecule has 3 nitrogen and oxygen atoms in total. The highest BCUT2D eigenvalue weighted by Gasteiger charge is 2.44. The average molecular weight is 262 g/mol. The van der Waals surface area contributed by atoms with Gasteiger partial charge in [-0.3, -0.25) is 0 Å². The summed E-state index contributed by atoms with van der Waals surface area (Å²) in [6, 6.07) is 10.1. The molecule has 0 saturated carbocycles. The summed E-state index contributed by atoms with van der Waals surface area (Å²) in [4.78, 5) is 0. The summed E-state index contributed by atoms with van der Waals surface area (Å²) >= 11 is 0. The van der Waals surface area contributed by atoms with Crippen LogP contribution in [0.3, 0.4) is 0 Å². The lowest BCUT2D eigenvalue weighted by molar-refractivity contribution is -0.308. The first-order chi connectivity index (χ1) is 9.16. The van der Waals surface area contributed by atoms with E-state index in [-0.39, 0.29) is 24.6 Å². The van der Waals surface area contributed by atoms with Gasteiger partial charge in [-0.1, -0.05) is 44.2 Å². The van der Waals surface area contributed by atoms with Gasteiger partial charge in [-0.05, 0) is 18.8 Å². The maximum atomic E-state index is 6.16. The van der Waals surface area contributed by atoms with E-state index in [1.54, 1.807) is 0 Å². The Balaban J connectivity index is 1.75. The molecule has 0 spiro atoms. The number of fused-ring (bicyclic) bond motifs is 1. The van der Waals surface area contributed by atoms with Gasteiger partial charge in [0.05, 0.1) is 18.8 Å². The number of hydrogen-bond donors (Lipinski definition) is 0. The highest BCUT2D eigenvalue weighted by molar-refractivity contribution is 5.16. The Kier molecular flexibility index (Phi) is 3.61. The molecule has 3 heteroatoms. The Hall–Kier alpha value is -0.900. The molecule has 2 aliphatic heterocycles. The number of ether oxygens (including phenoxy) is 3. The van der Waals surface area contributed by atoms with E-state index in [9.17, 15) is 0 Å². The molecular weight excluding hydrogens is 240 g/mol. The van der Waals surface area contributed by atoms with Crippen molar-refractivity contribution in [2.75, 3.05) is 6.61 Å². The zero-order chi connectivity index (χ0) is 13.4. The zero-order valence-electron chi connectivity index (χ0n) is 11.8. The molecule has 3 rings (SSSR count). The van der Waals surface area contributed by atoms with Crippen LogP contribution in [-0.2, 0) is 14.2 Å². The molecule has 0 N–H and O–H groups in total. The van der Waals surface area contributed by atoms with Gasteiger partial charge in [0.25, 0.3) is 0 Å². The van der Waals surface area contributed by atoms with Crippen molar-refractivity contribution >= 4 is 0 Å². The van der Waals surface area contributed by atoms with Crippen LogP contribution in [0, 0.1) is 11.8 Å². The molecular formula is C16H22O3. The number of hydrogen-bond acceptors (Lipinski definition) is 3. The molecule has 0 radical (unpaired) electrons.